The van der Waals surface area contributed by atoms with Crippen LogP contribution < -0.4 is 10.6 Å². The maximum Gasteiger partial charge on any atom is 0.315 e. The molecule has 21 heavy (non-hydrogen) atoms. The van der Waals surface area contributed by atoms with Crippen molar-refractivity contribution in [2.24, 2.45) is 0 Å². The van der Waals surface area contributed by atoms with Gasteiger partial charge in [0.1, 0.15) is 5.01 Å². The van der Waals surface area contributed by atoms with Gasteiger partial charge in [-0.1, -0.05) is 20.8 Å². The van der Waals surface area contributed by atoms with Crippen molar-refractivity contribution in [1.82, 2.24) is 15.6 Å². The van der Waals surface area contributed by atoms with Gasteiger partial charge in [-0.15, -0.1) is 11.3 Å². The number of carbonyl (C=O) groups excluding carboxylic acids is 1. The van der Waals surface area contributed by atoms with Gasteiger partial charge in [0.2, 0.25) is 0 Å². The summed E-state index contributed by atoms with van der Waals surface area (Å²) >= 11 is 1.58. The Morgan fingerprint density at radius 1 is 1.38 bits per heavy atom. The summed E-state index contributed by atoms with van der Waals surface area (Å²) in [6.45, 7) is 6.85. The Labute approximate surface area is 130 Å². The maximum absolute atomic E-state index is 11.9. The number of amides is 2. The molecule has 0 aliphatic heterocycles. The summed E-state index contributed by atoms with van der Waals surface area (Å²) in [5.41, 5.74) is 1.10. The van der Waals surface area contributed by atoms with E-state index in [-0.39, 0.29) is 23.6 Å². The van der Waals surface area contributed by atoms with Gasteiger partial charge in [0.15, 0.2) is 0 Å². The highest BCUT2D eigenvalue weighted by molar-refractivity contribution is 7.09. The summed E-state index contributed by atoms with van der Waals surface area (Å²) in [5.74, 6) is 0. The highest BCUT2D eigenvalue weighted by atomic mass is 32.1. The van der Waals surface area contributed by atoms with E-state index in [1.54, 1.807) is 11.3 Å². The lowest BCUT2D eigenvalue weighted by molar-refractivity contribution is 0.117. The van der Waals surface area contributed by atoms with E-state index in [1.165, 1.54) is 0 Å². The van der Waals surface area contributed by atoms with E-state index in [1.807, 2.05) is 0 Å². The number of rotatable bonds is 3. The smallest absolute Gasteiger partial charge is 0.315 e. The molecule has 0 unspecified atom stereocenters. The number of aliphatic hydroxyl groups excluding tert-OH is 1. The normalized spacial score (nSPS) is 22.9. The second kappa shape index (κ2) is 6.75. The number of nitrogens with zero attached hydrogens (tertiary/aromatic N) is 1. The van der Waals surface area contributed by atoms with E-state index in [0.717, 1.165) is 36.4 Å². The first-order valence-corrected chi connectivity index (χ1v) is 8.40. The molecule has 0 bridgehead atoms. The summed E-state index contributed by atoms with van der Waals surface area (Å²) in [7, 11) is 0. The van der Waals surface area contributed by atoms with E-state index in [0.29, 0.717) is 6.54 Å². The van der Waals surface area contributed by atoms with Crippen LogP contribution in [0, 0.1) is 0 Å². The zero-order valence-electron chi connectivity index (χ0n) is 13.0. The Kier molecular flexibility index (Phi) is 5.22. The molecule has 5 nitrogen and oxygen atoms in total. The van der Waals surface area contributed by atoms with Crippen molar-refractivity contribution in [3.05, 3.63) is 16.1 Å². The van der Waals surface area contributed by atoms with Gasteiger partial charge in [0.05, 0.1) is 18.3 Å². The van der Waals surface area contributed by atoms with Crippen LogP contribution in [0.3, 0.4) is 0 Å². The van der Waals surface area contributed by atoms with Crippen LogP contribution in [0.4, 0.5) is 4.79 Å². The van der Waals surface area contributed by atoms with Crippen LogP contribution in [0.5, 0.6) is 0 Å². The lowest BCUT2D eigenvalue weighted by atomic mass is 9.93. The summed E-state index contributed by atoms with van der Waals surface area (Å²) in [6, 6.07) is 0.0266. The molecule has 1 aromatic heterocycles. The zero-order valence-corrected chi connectivity index (χ0v) is 13.8. The van der Waals surface area contributed by atoms with E-state index in [4.69, 9.17) is 0 Å². The van der Waals surface area contributed by atoms with Gasteiger partial charge >= 0.3 is 6.03 Å². The lowest BCUT2D eigenvalue weighted by Crippen LogP contribution is -2.43. The monoisotopic (exact) mass is 311 g/mol. The molecular formula is C15H25N3O2S. The number of aliphatic hydroxyl groups is 1. The number of hydrogen-bond donors (Lipinski definition) is 3. The number of thiazole rings is 1. The Bertz CT molecular complexity index is 474. The van der Waals surface area contributed by atoms with Gasteiger partial charge in [-0.2, -0.15) is 0 Å². The third-order valence-corrected chi connectivity index (χ3v) is 4.60. The molecule has 0 aromatic carbocycles. The fraction of sp³-hybridized carbons (Fsp3) is 0.733. The molecule has 1 saturated carbocycles. The molecule has 0 radical (unpaired) electrons. The Morgan fingerprint density at radius 2 is 2.05 bits per heavy atom. The summed E-state index contributed by atoms with van der Waals surface area (Å²) < 4.78 is 0. The molecule has 2 amide bonds. The van der Waals surface area contributed by atoms with Crippen molar-refractivity contribution in [1.29, 1.82) is 0 Å². The summed E-state index contributed by atoms with van der Waals surface area (Å²) in [4.78, 5) is 16.4. The molecule has 0 saturated heterocycles. The number of nitrogens with one attached hydrogen (secondary N) is 2. The third-order valence-electron chi connectivity index (χ3n) is 3.75. The van der Waals surface area contributed by atoms with Crippen molar-refractivity contribution >= 4 is 17.4 Å². The topological polar surface area (TPSA) is 74.2 Å². The maximum atomic E-state index is 11.9. The zero-order chi connectivity index (χ0) is 15.5. The standard InChI is InChI=1S/C15H25N3O2S/c1-15(2,3)12-9-21-13(18-12)8-16-14(20)17-10-4-6-11(19)7-5-10/h9-11,19H,4-8H2,1-3H3,(H2,16,17,20). The molecule has 0 spiro atoms. The minimum atomic E-state index is -0.197. The van der Waals surface area contributed by atoms with Crippen LogP contribution in [-0.2, 0) is 12.0 Å². The second-order valence-electron chi connectivity index (χ2n) is 6.71. The summed E-state index contributed by atoms with van der Waals surface area (Å²) in [5, 5.41) is 18.2. The van der Waals surface area contributed by atoms with Crippen molar-refractivity contribution in [3.63, 3.8) is 0 Å². The van der Waals surface area contributed by atoms with Gasteiger partial charge in [0.25, 0.3) is 0 Å². The lowest BCUT2D eigenvalue weighted by Gasteiger charge is -2.26. The predicted octanol–water partition coefficient (Wildman–Crippen LogP) is 2.54. The SMILES string of the molecule is CC(C)(C)c1csc(CNC(=O)NC2CCC(O)CC2)n1. The highest BCUT2D eigenvalue weighted by Crippen LogP contribution is 2.23. The number of hydrogen-bond acceptors (Lipinski definition) is 4. The number of carbonyl (C=O) groups is 1. The molecule has 1 aliphatic carbocycles. The average Bonchev–Trinajstić information content (AvgIpc) is 2.88. The summed E-state index contributed by atoms with van der Waals surface area (Å²) in [6.07, 6.45) is 3.04. The van der Waals surface area contributed by atoms with Crippen molar-refractivity contribution < 1.29 is 9.90 Å². The van der Waals surface area contributed by atoms with Crippen molar-refractivity contribution in [2.45, 2.75) is 70.6 Å². The second-order valence-corrected chi connectivity index (χ2v) is 7.65. The van der Waals surface area contributed by atoms with Gasteiger partial charge < -0.3 is 15.7 Å². The molecular weight excluding hydrogens is 286 g/mol. The van der Waals surface area contributed by atoms with Gasteiger partial charge in [-0.3, -0.25) is 0 Å². The Hall–Kier alpha value is -1.14. The molecule has 6 heteroatoms. The fourth-order valence-corrected chi connectivity index (χ4v) is 3.31. The van der Waals surface area contributed by atoms with Gasteiger partial charge in [0, 0.05) is 16.8 Å². The first-order valence-electron chi connectivity index (χ1n) is 7.52. The third kappa shape index (κ3) is 4.97. The van der Waals surface area contributed by atoms with Crippen LogP contribution in [0.2, 0.25) is 0 Å². The van der Waals surface area contributed by atoms with Gasteiger partial charge in [-0.25, -0.2) is 9.78 Å². The Morgan fingerprint density at radius 3 is 2.62 bits per heavy atom. The molecule has 1 aromatic rings. The van der Waals surface area contributed by atoms with Crippen LogP contribution in [0.1, 0.15) is 57.2 Å². The van der Waals surface area contributed by atoms with Crippen molar-refractivity contribution in [2.75, 3.05) is 0 Å². The fourth-order valence-electron chi connectivity index (χ4n) is 2.35. The molecule has 3 N–H and O–H groups in total. The highest BCUT2D eigenvalue weighted by Gasteiger charge is 2.21. The quantitative estimate of drug-likeness (QED) is 0.803. The molecule has 2 rings (SSSR count). The van der Waals surface area contributed by atoms with Gasteiger partial charge in [-0.05, 0) is 25.7 Å². The number of aromatic nitrogens is 1. The van der Waals surface area contributed by atoms with Crippen LogP contribution in [0.25, 0.3) is 0 Å². The molecule has 1 heterocycles. The first-order chi connectivity index (χ1) is 9.84. The van der Waals surface area contributed by atoms with Crippen LogP contribution in [0.15, 0.2) is 5.38 Å². The van der Waals surface area contributed by atoms with Crippen LogP contribution >= 0.6 is 11.3 Å². The average molecular weight is 311 g/mol. The minimum Gasteiger partial charge on any atom is -0.393 e. The van der Waals surface area contributed by atoms with E-state index in [2.05, 4.69) is 41.8 Å². The van der Waals surface area contributed by atoms with Crippen molar-refractivity contribution in [3.8, 4) is 0 Å². The van der Waals surface area contributed by atoms with E-state index >= 15 is 0 Å². The largest absolute Gasteiger partial charge is 0.393 e. The molecule has 1 aliphatic rings. The van der Waals surface area contributed by atoms with Crippen LogP contribution in [-0.4, -0.2) is 28.3 Å². The van der Waals surface area contributed by atoms with E-state index in [9.17, 15) is 9.90 Å². The molecule has 0 atom stereocenters. The predicted molar refractivity (Wildman–Crippen MR) is 84.4 cm³/mol. The Balaban J connectivity index is 1.75. The number of urea groups is 1. The first kappa shape index (κ1) is 16.2. The molecule has 118 valence electrons. The molecule has 1 fully saturated rings. The van der Waals surface area contributed by atoms with E-state index < -0.39 is 0 Å². The minimum absolute atomic E-state index is 0.0416.